The van der Waals surface area contributed by atoms with Crippen LogP contribution in [0.4, 0.5) is 0 Å². The molecule has 6 fully saturated rings. The maximum atomic E-state index is 10.7. The summed E-state index contributed by atoms with van der Waals surface area (Å²) < 4.78 is 12.7. The van der Waals surface area contributed by atoms with Crippen molar-refractivity contribution in [3.05, 3.63) is 23.3 Å². The molecular weight excluding hydrogens is 749 g/mol. The number of allylic oxidation sites excluding steroid dienone is 2. The summed E-state index contributed by atoms with van der Waals surface area (Å²) >= 11 is 0. The number of methoxy groups -OCH3 is 1. The van der Waals surface area contributed by atoms with Gasteiger partial charge in [0.15, 0.2) is 5.79 Å². The van der Waals surface area contributed by atoms with Gasteiger partial charge in [-0.3, -0.25) is 0 Å². The molecule has 0 aliphatic heterocycles. The van der Waals surface area contributed by atoms with Gasteiger partial charge in [0.2, 0.25) is 0 Å². The summed E-state index contributed by atoms with van der Waals surface area (Å²) in [5.74, 6) is 9.41. The van der Waals surface area contributed by atoms with Crippen molar-refractivity contribution in [3.63, 3.8) is 0 Å². The fourth-order valence-electron chi connectivity index (χ4n) is 18.2. The molecule has 4 heteroatoms. The minimum atomic E-state index is -0.704. The van der Waals surface area contributed by atoms with E-state index in [-0.39, 0.29) is 17.6 Å². The van der Waals surface area contributed by atoms with Gasteiger partial charge in [-0.05, 0) is 184 Å². The van der Waals surface area contributed by atoms with Crippen LogP contribution in [0.3, 0.4) is 0 Å². The Labute approximate surface area is 377 Å². The van der Waals surface area contributed by atoms with Gasteiger partial charge in [-0.15, -0.1) is 0 Å². The van der Waals surface area contributed by atoms with E-state index >= 15 is 0 Å². The van der Waals surface area contributed by atoms with E-state index in [2.05, 4.69) is 88.3 Å². The minimum absolute atomic E-state index is 0.0766. The molecule has 4 nitrogen and oxygen atoms in total. The highest BCUT2D eigenvalue weighted by atomic mass is 16.7. The van der Waals surface area contributed by atoms with Crippen LogP contribution in [0.2, 0.25) is 0 Å². The van der Waals surface area contributed by atoms with Gasteiger partial charge in [0.1, 0.15) is 0 Å². The van der Waals surface area contributed by atoms with Crippen LogP contribution in [-0.2, 0) is 9.47 Å². The molecular formula is C57H98O4. The van der Waals surface area contributed by atoms with Crippen LogP contribution in [0.25, 0.3) is 0 Å². The number of aliphatic hydroxyl groups is 2. The first-order chi connectivity index (χ1) is 28.9. The van der Waals surface area contributed by atoms with E-state index in [1.54, 1.807) is 12.7 Å². The first-order valence-electron chi connectivity index (χ1n) is 26.8. The van der Waals surface area contributed by atoms with Crippen molar-refractivity contribution in [1.82, 2.24) is 0 Å². The Bertz CT molecular complexity index is 1530. The zero-order valence-corrected chi connectivity index (χ0v) is 42.0. The predicted octanol–water partition coefficient (Wildman–Crippen LogP) is 14.8. The number of hydrogen-bond donors (Lipinski definition) is 2. The van der Waals surface area contributed by atoms with Gasteiger partial charge in [-0.1, -0.05) is 131 Å². The van der Waals surface area contributed by atoms with Crippen LogP contribution >= 0.6 is 0 Å². The molecule has 0 aromatic carbocycles. The molecule has 0 saturated heterocycles. The summed E-state index contributed by atoms with van der Waals surface area (Å²) in [7, 11) is 1.80. The average Bonchev–Trinajstić information content (AvgIpc) is 3.75. The SMILES string of the molecule is CC(C)CCC[C@@H](C)[C@H]1CC[C@H]2[C@@H]3CC=C4C[C@@H](O)CC[C@]4(C)[C@H]3CC[C@]12C.CCOC1(OC)C[C@H](O)CC2=CC[C@H]3[C@@H]4CC[C@H]([C@H](C)CCCC(C)C)[C@@]4(C)CC[C@@H]3[C@]21C. The van der Waals surface area contributed by atoms with Gasteiger partial charge in [0.25, 0.3) is 0 Å². The Morgan fingerprint density at radius 2 is 1.11 bits per heavy atom. The van der Waals surface area contributed by atoms with Crippen molar-refractivity contribution in [1.29, 1.82) is 0 Å². The lowest BCUT2D eigenvalue weighted by molar-refractivity contribution is -0.316. The standard InChI is InChI=1S/C30H52O3.C27H46O/c1-8-33-30(32-7)19-23(31)18-22-12-13-24-26-15-14-25(21(4)11-9-10-20(2)3)28(26,5)17-16-27(24)29(22,30)6;1-18(2)7-6-8-19(3)23-11-12-24-22-10-9-20-17-21(28)13-15-26(20,4)25(22)14-16-27(23,24)5/h12,20-21,23-27,31H,8-11,13-19H2,1-7H3;9,18-19,21-25,28H,6-8,10-17H2,1-5H3/t21-,23-,24+,25-,26+,27+,28-,29+,30?;19-,21+,22+,23-,24+,25+,26+,27-/m11/s1. The van der Waals surface area contributed by atoms with E-state index in [1.165, 1.54) is 115 Å². The summed E-state index contributed by atoms with van der Waals surface area (Å²) in [5, 5.41) is 21.0. The van der Waals surface area contributed by atoms with Crippen LogP contribution in [0, 0.1) is 92.7 Å². The summed E-state index contributed by atoms with van der Waals surface area (Å²) in [5.41, 5.74) is 4.35. The van der Waals surface area contributed by atoms with E-state index in [0.29, 0.717) is 35.2 Å². The quantitative estimate of drug-likeness (QED) is 0.143. The molecule has 0 aromatic rings. The van der Waals surface area contributed by atoms with E-state index < -0.39 is 5.79 Å². The molecule has 0 amide bonds. The second-order valence-corrected chi connectivity index (χ2v) is 25.2. The van der Waals surface area contributed by atoms with Gasteiger partial charge < -0.3 is 19.7 Å². The number of hydrogen-bond acceptors (Lipinski definition) is 4. The normalized spacial score (nSPS) is 46.2. The van der Waals surface area contributed by atoms with Crippen molar-refractivity contribution >= 4 is 0 Å². The molecule has 1 unspecified atom stereocenters. The Hall–Kier alpha value is -0.680. The molecule has 0 heterocycles. The number of fused-ring (bicyclic) bond motifs is 10. The van der Waals surface area contributed by atoms with Crippen molar-refractivity contribution in [2.45, 2.75) is 229 Å². The third-order valence-electron chi connectivity index (χ3n) is 21.4. The smallest absolute Gasteiger partial charge is 0.179 e. The highest BCUT2D eigenvalue weighted by Crippen LogP contribution is 2.70. The lowest BCUT2D eigenvalue weighted by Crippen LogP contribution is -2.63. The molecule has 0 bridgehead atoms. The lowest BCUT2D eigenvalue weighted by atomic mass is 9.45. The Balaban J connectivity index is 0.000000186. The second-order valence-electron chi connectivity index (χ2n) is 25.2. The highest BCUT2D eigenvalue weighted by molar-refractivity contribution is 5.30. The van der Waals surface area contributed by atoms with Crippen molar-refractivity contribution < 1.29 is 19.7 Å². The van der Waals surface area contributed by atoms with Crippen LogP contribution in [-0.4, -0.2) is 41.9 Å². The summed E-state index contributed by atoms with van der Waals surface area (Å²) in [6.45, 7) is 27.6. The van der Waals surface area contributed by atoms with Crippen LogP contribution in [0.15, 0.2) is 23.3 Å². The van der Waals surface area contributed by atoms with Crippen LogP contribution in [0.5, 0.6) is 0 Å². The average molecular weight is 847 g/mol. The number of rotatable bonds is 13. The molecule has 8 aliphatic rings. The third-order valence-corrected chi connectivity index (χ3v) is 21.4. The molecule has 8 aliphatic carbocycles. The fourth-order valence-corrected chi connectivity index (χ4v) is 18.2. The topological polar surface area (TPSA) is 58.9 Å². The third kappa shape index (κ3) is 8.63. The molecule has 6 saturated carbocycles. The van der Waals surface area contributed by atoms with Crippen LogP contribution < -0.4 is 0 Å². The molecule has 0 spiro atoms. The van der Waals surface area contributed by atoms with Crippen molar-refractivity contribution in [2.75, 3.05) is 13.7 Å². The predicted molar refractivity (Wildman–Crippen MR) is 255 cm³/mol. The van der Waals surface area contributed by atoms with E-state index in [9.17, 15) is 10.2 Å². The van der Waals surface area contributed by atoms with E-state index in [4.69, 9.17) is 9.47 Å². The van der Waals surface area contributed by atoms with Gasteiger partial charge in [0, 0.05) is 25.6 Å². The van der Waals surface area contributed by atoms with Gasteiger partial charge in [-0.2, -0.15) is 0 Å². The molecule has 17 atom stereocenters. The maximum absolute atomic E-state index is 10.7. The minimum Gasteiger partial charge on any atom is -0.393 e. The van der Waals surface area contributed by atoms with Crippen molar-refractivity contribution in [2.24, 2.45) is 92.7 Å². The number of ether oxygens (including phenoxy) is 2. The van der Waals surface area contributed by atoms with Crippen LogP contribution in [0.1, 0.15) is 211 Å². The Morgan fingerprint density at radius 3 is 1.64 bits per heavy atom. The molecule has 8 rings (SSSR count). The first kappa shape index (κ1) is 48.3. The number of aliphatic hydroxyl groups excluding tert-OH is 2. The van der Waals surface area contributed by atoms with Gasteiger partial charge in [0.05, 0.1) is 12.2 Å². The van der Waals surface area contributed by atoms with E-state index in [1.807, 2.05) is 0 Å². The van der Waals surface area contributed by atoms with Crippen molar-refractivity contribution in [3.8, 4) is 0 Å². The molecule has 0 radical (unpaired) electrons. The molecule has 0 aromatic heterocycles. The maximum Gasteiger partial charge on any atom is 0.179 e. The largest absolute Gasteiger partial charge is 0.393 e. The second kappa shape index (κ2) is 18.9. The van der Waals surface area contributed by atoms with E-state index in [0.717, 1.165) is 84.4 Å². The highest BCUT2D eigenvalue weighted by Gasteiger charge is 2.66. The Morgan fingerprint density at radius 1 is 0.607 bits per heavy atom. The first-order valence-corrected chi connectivity index (χ1v) is 26.8. The van der Waals surface area contributed by atoms with Gasteiger partial charge >= 0.3 is 0 Å². The Kier molecular flexibility index (Phi) is 15.0. The fraction of sp³-hybridized carbons (Fsp3) is 0.930. The molecule has 61 heavy (non-hydrogen) atoms. The van der Waals surface area contributed by atoms with Gasteiger partial charge in [-0.25, -0.2) is 0 Å². The zero-order chi connectivity index (χ0) is 44.1. The molecule has 350 valence electrons. The lowest BCUT2D eigenvalue weighted by Gasteiger charge is -2.63. The summed E-state index contributed by atoms with van der Waals surface area (Å²) in [6, 6.07) is 0. The zero-order valence-electron chi connectivity index (χ0n) is 42.0. The summed E-state index contributed by atoms with van der Waals surface area (Å²) in [4.78, 5) is 0. The molecule has 2 N–H and O–H groups in total. The monoisotopic (exact) mass is 847 g/mol. The summed E-state index contributed by atoms with van der Waals surface area (Å²) in [6.07, 6.45) is 31.4.